The van der Waals surface area contributed by atoms with Gasteiger partial charge >= 0.3 is 17.9 Å². The number of aliphatic hydroxyl groups is 1. The summed E-state index contributed by atoms with van der Waals surface area (Å²) in [5.74, 6) is -6.16. The molecule has 0 aromatic heterocycles. The Morgan fingerprint density at radius 2 is 1.61 bits per heavy atom. The summed E-state index contributed by atoms with van der Waals surface area (Å²) in [5, 5.41) is 37.9. The predicted molar refractivity (Wildman–Crippen MR) is 83.1 cm³/mol. The minimum Gasteiger partial charge on any atom is -0.481 e. The summed E-state index contributed by atoms with van der Waals surface area (Å²) in [5.41, 5.74) is -3.92. The Bertz CT molecular complexity index is 444. The van der Waals surface area contributed by atoms with E-state index in [4.69, 9.17) is 5.11 Å². The molecule has 3 unspecified atom stereocenters. The summed E-state index contributed by atoms with van der Waals surface area (Å²) >= 11 is 0. The highest BCUT2D eigenvalue weighted by atomic mass is 16.4. The predicted octanol–water partition coefficient (Wildman–Crippen LogP) is 2.22. The van der Waals surface area contributed by atoms with Crippen LogP contribution in [0.4, 0.5) is 0 Å². The highest BCUT2D eigenvalue weighted by Crippen LogP contribution is 2.41. The number of aliphatic carboxylic acids is 3. The fourth-order valence-electron chi connectivity index (χ4n) is 2.97. The van der Waals surface area contributed by atoms with Crippen molar-refractivity contribution >= 4 is 17.9 Å². The summed E-state index contributed by atoms with van der Waals surface area (Å²) in [6.45, 7) is 7.22. The van der Waals surface area contributed by atoms with Gasteiger partial charge in [0.1, 0.15) is 5.92 Å². The van der Waals surface area contributed by atoms with E-state index in [2.05, 4.69) is 6.92 Å². The maximum absolute atomic E-state index is 11.6. The number of hydrogen-bond donors (Lipinski definition) is 4. The van der Waals surface area contributed by atoms with E-state index in [0.29, 0.717) is 18.8 Å². The number of carboxylic acid groups (broad SMARTS) is 3. The molecule has 0 fully saturated rings. The molecule has 0 heterocycles. The SMILES string of the molecule is CCC(C)CCCC(C)(C)C(C(=O)O)C(O)(CC(=O)O)C(=O)O. The molecule has 0 radical (unpaired) electrons. The van der Waals surface area contributed by atoms with Gasteiger partial charge in [-0.2, -0.15) is 0 Å². The van der Waals surface area contributed by atoms with Crippen molar-refractivity contribution in [2.24, 2.45) is 17.3 Å². The fourth-order valence-corrected chi connectivity index (χ4v) is 2.97. The van der Waals surface area contributed by atoms with Crippen molar-refractivity contribution in [3.05, 3.63) is 0 Å². The smallest absolute Gasteiger partial charge is 0.337 e. The second-order valence-electron chi connectivity index (χ2n) is 6.97. The van der Waals surface area contributed by atoms with Gasteiger partial charge in [-0.3, -0.25) is 9.59 Å². The lowest BCUT2D eigenvalue weighted by Crippen LogP contribution is -2.56. The van der Waals surface area contributed by atoms with Gasteiger partial charge in [0.25, 0.3) is 0 Å². The van der Waals surface area contributed by atoms with Crippen LogP contribution < -0.4 is 0 Å². The maximum Gasteiger partial charge on any atom is 0.337 e. The van der Waals surface area contributed by atoms with Crippen LogP contribution in [0.15, 0.2) is 0 Å². The monoisotopic (exact) mass is 332 g/mol. The number of carboxylic acids is 3. The Labute approximate surface area is 136 Å². The van der Waals surface area contributed by atoms with E-state index in [1.54, 1.807) is 13.8 Å². The first-order chi connectivity index (χ1) is 10.4. The Kier molecular flexibility index (Phi) is 7.70. The molecule has 0 rings (SSSR count). The molecular weight excluding hydrogens is 304 g/mol. The lowest BCUT2D eigenvalue weighted by atomic mass is 9.65. The zero-order valence-corrected chi connectivity index (χ0v) is 14.2. The third-order valence-electron chi connectivity index (χ3n) is 4.51. The number of rotatable bonds is 11. The third-order valence-corrected chi connectivity index (χ3v) is 4.51. The van der Waals surface area contributed by atoms with Crippen molar-refractivity contribution < 1.29 is 34.8 Å². The van der Waals surface area contributed by atoms with Crippen LogP contribution in [0.2, 0.25) is 0 Å². The molecule has 23 heavy (non-hydrogen) atoms. The molecule has 0 saturated heterocycles. The normalized spacial score (nSPS) is 17.1. The Balaban J connectivity index is 5.44. The van der Waals surface area contributed by atoms with Crippen molar-refractivity contribution in [1.82, 2.24) is 0 Å². The minimum absolute atomic E-state index is 0.378. The van der Waals surface area contributed by atoms with E-state index in [1.165, 1.54) is 0 Å². The van der Waals surface area contributed by atoms with Crippen LogP contribution in [0.25, 0.3) is 0 Å². The van der Waals surface area contributed by atoms with Gasteiger partial charge in [0.15, 0.2) is 5.60 Å². The van der Waals surface area contributed by atoms with Gasteiger partial charge in [-0.15, -0.1) is 0 Å². The molecule has 0 aliphatic rings. The molecule has 3 atom stereocenters. The van der Waals surface area contributed by atoms with Crippen molar-refractivity contribution in [2.45, 2.75) is 65.4 Å². The van der Waals surface area contributed by atoms with Gasteiger partial charge < -0.3 is 20.4 Å². The van der Waals surface area contributed by atoms with Gasteiger partial charge in [0.05, 0.1) is 6.42 Å². The van der Waals surface area contributed by atoms with E-state index in [-0.39, 0.29) is 0 Å². The third kappa shape index (κ3) is 5.82. The summed E-state index contributed by atoms with van der Waals surface area (Å²) in [7, 11) is 0. The first-order valence-corrected chi connectivity index (χ1v) is 7.78. The van der Waals surface area contributed by atoms with Crippen molar-refractivity contribution in [1.29, 1.82) is 0 Å². The van der Waals surface area contributed by atoms with E-state index >= 15 is 0 Å². The maximum atomic E-state index is 11.6. The van der Waals surface area contributed by atoms with Crippen LogP contribution in [-0.4, -0.2) is 43.9 Å². The lowest BCUT2D eigenvalue weighted by Gasteiger charge is -2.39. The number of hydrogen-bond acceptors (Lipinski definition) is 4. The Morgan fingerprint density at radius 3 is 1.96 bits per heavy atom. The molecule has 0 saturated carbocycles. The summed E-state index contributed by atoms with van der Waals surface area (Å²) in [6, 6.07) is 0. The second kappa shape index (κ2) is 8.29. The second-order valence-corrected chi connectivity index (χ2v) is 6.97. The van der Waals surface area contributed by atoms with Crippen LogP contribution in [0.5, 0.6) is 0 Å². The molecular formula is C16H28O7. The molecule has 7 heteroatoms. The Hall–Kier alpha value is -1.63. The molecule has 4 N–H and O–H groups in total. The molecule has 0 amide bonds. The first-order valence-electron chi connectivity index (χ1n) is 7.78. The van der Waals surface area contributed by atoms with Crippen molar-refractivity contribution in [3.8, 4) is 0 Å². The van der Waals surface area contributed by atoms with Gasteiger partial charge in [0.2, 0.25) is 0 Å². The van der Waals surface area contributed by atoms with Crippen LogP contribution in [0.1, 0.15) is 59.8 Å². The average molecular weight is 332 g/mol. The summed E-state index contributed by atoms with van der Waals surface area (Å²) < 4.78 is 0. The first kappa shape index (κ1) is 21.4. The molecule has 134 valence electrons. The van der Waals surface area contributed by atoms with E-state index in [0.717, 1.165) is 12.8 Å². The summed E-state index contributed by atoms with van der Waals surface area (Å²) in [6.07, 6.45) is 1.74. The molecule has 0 aromatic rings. The zero-order chi connectivity index (χ0) is 18.4. The van der Waals surface area contributed by atoms with Crippen molar-refractivity contribution in [3.63, 3.8) is 0 Å². The van der Waals surface area contributed by atoms with Gasteiger partial charge in [0, 0.05) is 0 Å². The number of carbonyl (C=O) groups is 3. The molecule has 0 aliphatic carbocycles. The minimum atomic E-state index is -2.85. The largest absolute Gasteiger partial charge is 0.481 e. The fraction of sp³-hybridized carbons (Fsp3) is 0.812. The topological polar surface area (TPSA) is 132 Å². The van der Waals surface area contributed by atoms with Crippen LogP contribution in [-0.2, 0) is 14.4 Å². The summed E-state index contributed by atoms with van der Waals surface area (Å²) in [4.78, 5) is 33.9. The highest BCUT2D eigenvalue weighted by Gasteiger charge is 2.56. The molecule has 0 aromatic carbocycles. The highest BCUT2D eigenvalue weighted by molar-refractivity contribution is 5.90. The molecule has 7 nitrogen and oxygen atoms in total. The Morgan fingerprint density at radius 1 is 1.09 bits per heavy atom. The standard InChI is InChI=1S/C16H28O7/c1-5-10(2)7-6-8-15(3,4)12(13(19)20)16(23,14(21)22)9-11(17)18/h10,12,23H,5-9H2,1-4H3,(H,17,18)(H,19,20)(H,21,22). The van der Waals surface area contributed by atoms with E-state index in [1.807, 2.05) is 6.92 Å². The van der Waals surface area contributed by atoms with E-state index < -0.39 is 41.3 Å². The average Bonchev–Trinajstić information content (AvgIpc) is 2.35. The van der Waals surface area contributed by atoms with Crippen LogP contribution >= 0.6 is 0 Å². The zero-order valence-electron chi connectivity index (χ0n) is 14.2. The van der Waals surface area contributed by atoms with E-state index in [9.17, 15) is 29.7 Å². The lowest BCUT2D eigenvalue weighted by molar-refractivity contribution is -0.187. The van der Waals surface area contributed by atoms with Gasteiger partial charge in [-0.05, 0) is 17.8 Å². The molecule has 0 spiro atoms. The molecule has 0 aliphatic heterocycles. The van der Waals surface area contributed by atoms with Gasteiger partial charge in [-0.1, -0.05) is 47.0 Å². The quantitative estimate of drug-likeness (QED) is 0.456. The van der Waals surface area contributed by atoms with Crippen molar-refractivity contribution in [2.75, 3.05) is 0 Å². The van der Waals surface area contributed by atoms with Gasteiger partial charge in [-0.25, -0.2) is 4.79 Å². The van der Waals surface area contributed by atoms with Crippen LogP contribution in [0, 0.1) is 17.3 Å². The molecule has 0 bridgehead atoms. The van der Waals surface area contributed by atoms with Crippen LogP contribution in [0.3, 0.4) is 0 Å².